The fourth-order valence-corrected chi connectivity index (χ4v) is 4.59. The van der Waals surface area contributed by atoms with Crippen molar-refractivity contribution in [2.45, 2.75) is 0 Å². The third kappa shape index (κ3) is 1.67. The first-order valence-corrected chi connectivity index (χ1v) is 8.86. The first-order chi connectivity index (χ1) is 12.3. The van der Waals surface area contributed by atoms with Gasteiger partial charge in [-0.2, -0.15) is 0 Å². The average molecular weight is 337 g/mol. The lowest BCUT2D eigenvalue weighted by Gasteiger charge is -2.11. The van der Waals surface area contributed by atoms with Crippen LogP contribution in [0.5, 0.6) is 0 Å². The van der Waals surface area contributed by atoms with Crippen molar-refractivity contribution in [3.8, 4) is 22.3 Å². The molecule has 0 atom stereocenters. The Bertz CT molecular complexity index is 1350. The molecule has 5 aromatic rings. The zero-order valence-electron chi connectivity index (χ0n) is 13.4. The van der Waals surface area contributed by atoms with E-state index in [9.17, 15) is 0 Å². The number of hydrogen-bond donors (Lipinski definition) is 0. The van der Waals surface area contributed by atoms with Crippen LogP contribution in [0.1, 0.15) is 0 Å². The van der Waals surface area contributed by atoms with Crippen LogP contribution in [0, 0.1) is 0 Å². The monoisotopic (exact) mass is 336 g/mol. The molecule has 5 aromatic carbocycles. The Labute approximate surface area is 150 Å². The zero-order valence-corrected chi connectivity index (χ0v) is 14.1. The molecule has 0 spiro atoms. The highest BCUT2D eigenvalue weighted by Gasteiger charge is 2.22. The van der Waals surface area contributed by atoms with Gasteiger partial charge in [0, 0.05) is 5.02 Å². The number of hydrogen-bond acceptors (Lipinski definition) is 0. The highest BCUT2D eigenvalue weighted by Crippen LogP contribution is 2.49. The Morgan fingerprint density at radius 2 is 1.24 bits per heavy atom. The summed E-state index contributed by atoms with van der Waals surface area (Å²) in [6.07, 6.45) is 0. The van der Waals surface area contributed by atoms with E-state index in [-0.39, 0.29) is 0 Å². The topological polar surface area (TPSA) is 0 Å². The number of rotatable bonds is 0. The third-order valence-corrected chi connectivity index (χ3v) is 5.66. The Balaban J connectivity index is 1.91. The van der Waals surface area contributed by atoms with Crippen LogP contribution in [0.25, 0.3) is 54.6 Å². The number of benzene rings is 5. The molecule has 0 fully saturated rings. The highest BCUT2D eigenvalue weighted by molar-refractivity contribution is 6.33. The van der Waals surface area contributed by atoms with Crippen molar-refractivity contribution in [2.75, 3.05) is 0 Å². The highest BCUT2D eigenvalue weighted by atomic mass is 35.5. The van der Waals surface area contributed by atoms with Gasteiger partial charge in [0.15, 0.2) is 0 Å². The molecule has 0 saturated heterocycles. The van der Waals surface area contributed by atoms with Crippen molar-refractivity contribution in [1.82, 2.24) is 0 Å². The SMILES string of the molecule is Clc1ccc2c(ccc3cc4c5c(cccc5c32)-c2ccccc2-4)c1. The molecule has 1 heteroatoms. The van der Waals surface area contributed by atoms with Crippen LogP contribution in [-0.2, 0) is 0 Å². The molecule has 1 aliphatic rings. The lowest BCUT2D eigenvalue weighted by molar-refractivity contribution is 1.70. The van der Waals surface area contributed by atoms with Crippen molar-refractivity contribution in [3.63, 3.8) is 0 Å². The molecule has 0 nitrogen and oxygen atoms in total. The molecule has 0 bridgehead atoms. The minimum absolute atomic E-state index is 0.783. The molecule has 0 aromatic heterocycles. The van der Waals surface area contributed by atoms with Crippen molar-refractivity contribution >= 4 is 43.9 Å². The van der Waals surface area contributed by atoms with Crippen LogP contribution in [0.2, 0.25) is 5.02 Å². The summed E-state index contributed by atoms with van der Waals surface area (Å²) in [5, 5.41) is 8.55. The maximum atomic E-state index is 6.21. The van der Waals surface area contributed by atoms with Crippen LogP contribution >= 0.6 is 11.6 Å². The molecule has 116 valence electrons. The van der Waals surface area contributed by atoms with Crippen molar-refractivity contribution in [2.24, 2.45) is 0 Å². The van der Waals surface area contributed by atoms with Gasteiger partial charge in [-0.15, -0.1) is 0 Å². The normalized spacial score (nSPS) is 12.2. The number of fused-ring (bicyclic) bond motifs is 7. The standard InChI is InChI=1S/C24H13Cl/c25-16-10-11-17-14(12-16)8-9-15-13-22-19-5-2-1-4-18(19)20-6-3-7-21(23(15)17)24(20)22/h1-13H. The van der Waals surface area contributed by atoms with Gasteiger partial charge in [-0.1, -0.05) is 72.3 Å². The molecule has 0 unspecified atom stereocenters. The fraction of sp³-hybridized carbons (Fsp3) is 0. The van der Waals surface area contributed by atoms with Crippen LogP contribution in [0.3, 0.4) is 0 Å². The maximum absolute atomic E-state index is 6.21. The van der Waals surface area contributed by atoms with E-state index in [1.165, 1.54) is 54.6 Å². The van der Waals surface area contributed by atoms with Crippen molar-refractivity contribution in [1.29, 1.82) is 0 Å². The first kappa shape index (κ1) is 13.5. The predicted octanol–water partition coefficient (Wildman–Crippen LogP) is 7.45. The molecule has 0 saturated carbocycles. The average Bonchev–Trinajstić information content (AvgIpc) is 2.97. The van der Waals surface area contributed by atoms with Crippen LogP contribution in [0.15, 0.2) is 78.9 Å². The largest absolute Gasteiger partial charge is 0.0843 e. The Morgan fingerprint density at radius 3 is 2.12 bits per heavy atom. The second-order valence-electron chi connectivity index (χ2n) is 6.73. The molecule has 0 heterocycles. The van der Waals surface area contributed by atoms with Gasteiger partial charge < -0.3 is 0 Å². The van der Waals surface area contributed by atoms with Crippen molar-refractivity contribution in [3.05, 3.63) is 83.9 Å². The smallest absolute Gasteiger partial charge is 0.0412 e. The fourth-order valence-electron chi connectivity index (χ4n) is 4.41. The van der Waals surface area contributed by atoms with Gasteiger partial charge in [-0.3, -0.25) is 0 Å². The molecular formula is C24H13Cl. The van der Waals surface area contributed by atoms with Gasteiger partial charge in [-0.25, -0.2) is 0 Å². The lowest BCUT2D eigenvalue weighted by atomic mass is 9.93. The minimum atomic E-state index is 0.783. The Morgan fingerprint density at radius 1 is 0.480 bits per heavy atom. The van der Waals surface area contributed by atoms with Gasteiger partial charge in [0.2, 0.25) is 0 Å². The van der Waals surface area contributed by atoms with Crippen LogP contribution in [0.4, 0.5) is 0 Å². The van der Waals surface area contributed by atoms with E-state index in [0.717, 1.165) is 5.02 Å². The van der Waals surface area contributed by atoms with Gasteiger partial charge in [-0.05, 0) is 72.8 Å². The van der Waals surface area contributed by atoms with Gasteiger partial charge >= 0.3 is 0 Å². The summed E-state index contributed by atoms with van der Waals surface area (Å²) in [5.41, 5.74) is 5.37. The van der Waals surface area contributed by atoms with E-state index >= 15 is 0 Å². The molecule has 0 amide bonds. The quantitative estimate of drug-likeness (QED) is 0.253. The molecular weight excluding hydrogens is 324 g/mol. The Kier molecular flexibility index (Phi) is 2.49. The van der Waals surface area contributed by atoms with Crippen molar-refractivity contribution < 1.29 is 0 Å². The second kappa shape index (κ2) is 4.62. The summed E-state index contributed by atoms with van der Waals surface area (Å²) in [6.45, 7) is 0. The van der Waals surface area contributed by atoms with E-state index in [0.29, 0.717) is 0 Å². The summed E-state index contributed by atoms with van der Waals surface area (Å²) >= 11 is 6.21. The van der Waals surface area contributed by atoms with E-state index in [1.54, 1.807) is 0 Å². The Hall–Kier alpha value is -2.83. The van der Waals surface area contributed by atoms with E-state index in [2.05, 4.69) is 66.7 Å². The van der Waals surface area contributed by atoms with Crippen LogP contribution in [-0.4, -0.2) is 0 Å². The maximum Gasteiger partial charge on any atom is 0.0412 e. The molecule has 0 N–H and O–H groups in total. The summed E-state index contributed by atoms with van der Waals surface area (Å²) in [5.74, 6) is 0. The van der Waals surface area contributed by atoms with E-state index < -0.39 is 0 Å². The van der Waals surface area contributed by atoms with Gasteiger partial charge in [0.1, 0.15) is 0 Å². The molecule has 0 radical (unpaired) electrons. The number of halogens is 1. The predicted molar refractivity (Wildman–Crippen MR) is 108 cm³/mol. The van der Waals surface area contributed by atoms with Gasteiger partial charge in [0.25, 0.3) is 0 Å². The first-order valence-electron chi connectivity index (χ1n) is 8.49. The van der Waals surface area contributed by atoms with Gasteiger partial charge in [0.05, 0.1) is 0 Å². The van der Waals surface area contributed by atoms with E-state index in [4.69, 9.17) is 11.6 Å². The molecule has 0 aliphatic heterocycles. The van der Waals surface area contributed by atoms with E-state index in [1.807, 2.05) is 12.1 Å². The molecule has 1 aliphatic carbocycles. The minimum Gasteiger partial charge on any atom is -0.0843 e. The summed E-state index contributed by atoms with van der Waals surface area (Å²) in [6, 6.07) is 28.3. The second-order valence-corrected chi connectivity index (χ2v) is 7.16. The molecule has 6 rings (SSSR count). The third-order valence-electron chi connectivity index (χ3n) is 5.42. The molecule has 25 heavy (non-hydrogen) atoms. The lowest BCUT2D eigenvalue weighted by Crippen LogP contribution is -1.83. The zero-order chi connectivity index (χ0) is 16.5. The summed E-state index contributed by atoms with van der Waals surface area (Å²) in [4.78, 5) is 0. The summed E-state index contributed by atoms with van der Waals surface area (Å²) in [7, 11) is 0. The summed E-state index contributed by atoms with van der Waals surface area (Å²) < 4.78 is 0. The van der Waals surface area contributed by atoms with Crippen LogP contribution < -0.4 is 0 Å².